The molecule has 1 aliphatic rings. The van der Waals surface area contributed by atoms with Gasteiger partial charge in [-0.3, -0.25) is 4.68 Å². The first-order chi connectivity index (χ1) is 11.2. The van der Waals surface area contributed by atoms with Crippen LogP contribution in [0.25, 0.3) is 0 Å². The highest BCUT2D eigenvalue weighted by molar-refractivity contribution is 7.92. The zero-order valence-electron chi connectivity index (χ0n) is 14.6. The minimum Gasteiger partial charge on any atom is -0.363 e. The van der Waals surface area contributed by atoms with Crippen molar-refractivity contribution < 1.29 is 8.42 Å². The van der Waals surface area contributed by atoms with Crippen molar-refractivity contribution in [2.75, 3.05) is 11.4 Å². The van der Waals surface area contributed by atoms with Gasteiger partial charge in [0.05, 0.1) is 28.9 Å². The molecule has 0 saturated carbocycles. The zero-order chi connectivity index (χ0) is 17.5. The largest absolute Gasteiger partial charge is 0.363 e. The van der Waals surface area contributed by atoms with Gasteiger partial charge in [-0.2, -0.15) is 5.10 Å². The second-order valence-corrected chi connectivity index (χ2v) is 9.92. The molecule has 3 heterocycles. The van der Waals surface area contributed by atoms with Crippen LogP contribution in [0.5, 0.6) is 0 Å². The normalized spacial score (nSPS) is 19.0. The van der Waals surface area contributed by atoms with Crippen LogP contribution in [0.15, 0.2) is 35.7 Å². The molecule has 0 aliphatic carbocycles. The van der Waals surface area contributed by atoms with Gasteiger partial charge in [-0.25, -0.2) is 13.4 Å². The van der Waals surface area contributed by atoms with Gasteiger partial charge in [0.15, 0.2) is 14.9 Å². The molecular formula is C17H24N4O2S. The van der Waals surface area contributed by atoms with E-state index >= 15 is 0 Å². The summed E-state index contributed by atoms with van der Waals surface area (Å²) in [6, 6.07) is 3.75. The van der Waals surface area contributed by atoms with Crippen LogP contribution in [0, 0.1) is 0 Å². The molecule has 6 nitrogen and oxygen atoms in total. The lowest BCUT2D eigenvalue weighted by Crippen LogP contribution is -2.29. The van der Waals surface area contributed by atoms with Crippen LogP contribution in [0.1, 0.15) is 45.2 Å². The summed E-state index contributed by atoms with van der Waals surface area (Å²) in [5, 5.41) is 4.39. The summed E-state index contributed by atoms with van der Waals surface area (Å²) in [4.78, 5) is 6.52. The van der Waals surface area contributed by atoms with Gasteiger partial charge >= 0.3 is 0 Å². The molecule has 2 aromatic rings. The van der Waals surface area contributed by atoms with Crippen molar-refractivity contribution in [2.45, 2.75) is 49.4 Å². The Balaban J connectivity index is 1.88. The quantitative estimate of drug-likeness (QED) is 0.853. The van der Waals surface area contributed by atoms with Crippen LogP contribution < -0.4 is 4.90 Å². The van der Waals surface area contributed by atoms with E-state index in [4.69, 9.17) is 0 Å². The molecule has 0 radical (unpaired) electrons. The second-order valence-electron chi connectivity index (χ2n) is 7.27. The molecule has 24 heavy (non-hydrogen) atoms. The predicted molar refractivity (Wildman–Crippen MR) is 93.7 cm³/mol. The van der Waals surface area contributed by atoms with E-state index in [1.54, 1.807) is 33.0 Å². The van der Waals surface area contributed by atoms with Crippen molar-refractivity contribution in [2.24, 2.45) is 7.05 Å². The molecule has 0 aromatic carbocycles. The fourth-order valence-electron chi connectivity index (χ4n) is 3.05. The van der Waals surface area contributed by atoms with E-state index in [9.17, 15) is 8.42 Å². The van der Waals surface area contributed by atoms with Gasteiger partial charge in [-0.05, 0) is 45.7 Å². The third kappa shape index (κ3) is 2.92. The smallest absolute Gasteiger partial charge is 0.200 e. The summed E-state index contributed by atoms with van der Waals surface area (Å²) < 4.78 is 25.9. The number of anilines is 1. The van der Waals surface area contributed by atoms with Crippen molar-refractivity contribution in [1.29, 1.82) is 0 Å². The number of rotatable bonds is 3. The number of hydrogen-bond donors (Lipinski definition) is 0. The van der Waals surface area contributed by atoms with Crippen LogP contribution in [-0.2, 0) is 16.9 Å². The van der Waals surface area contributed by atoms with Crippen LogP contribution in [0.2, 0.25) is 0 Å². The highest BCUT2D eigenvalue weighted by Crippen LogP contribution is 2.36. The Hall–Kier alpha value is -1.89. The molecule has 1 fully saturated rings. The average Bonchev–Trinajstić information content (AvgIpc) is 3.14. The number of aromatic nitrogens is 3. The monoisotopic (exact) mass is 348 g/mol. The van der Waals surface area contributed by atoms with Gasteiger partial charge in [-0.1, -0.05) is 0 Å². The Bertz CT molecular complexity index is 819. The molecule has 2 aromatic heterocycles. The van der Waals surface area contributed by atoms with Crippen molar-refractivity contribution in [3.63, 3.8) is 0 Å². The van der Waals surface area contributed by atoms with Crippen molar-refractivity contribution in [3.05, 3.63) is 36.3 Å². The van der Waals surface area contributed by atoms with E-state index in [0.29, 0.717) is 0 Å². The lowest BCUT2D eigenvalue weighted by Gasteiger charge is -2.26. The first-order valence-corrected chi connectivity index (χ1v) is 9.64. The maximum Gasteiger partial charge on any atom is 0.200 e. The average molecular weight is 348 g/mol. The Morgan fingerprint density at radius 2 is 1.96 bits per heavy atom. The van der Waals surface area contributed by atoms with Crippen molar-refractivity contribution >= 4 is 15.5 Å². The van der Waals surface area contributed by atoms with E-state index in [0.717, 1.165) is 25.1 Å². The van der Waals surface area contributed by atoms with Gasteiger partial charge in [0.2, 0.25) is 0 Å². The number of pyridine rings is 1. The van der Waals surface area contributed by atoms with Gasteiger partial charge in [-0.15, -0.1) is 0 Å². The molecule has 1 atom stereocenters. The molecule has 3 rings (SSSR count). The lowest BCUT2D eigenvalue weighted by atomic mass is 10.1. The summed E-state index contributed by atoms with van der Waals surface area (Å²) in [5.41, 5.74) is 2.13. The Kier molecular flexibility index (Phi) is 4.15. The third-order valence-electron chi connectivity index (χ3n) is 4.50. The third-order valence-corrected chi connectivity index (χ3v) is 6.90. The Morgan fingerprint density at radius 1 is 1.21 bits per heavy atom. The van der Waals surface area contributed by atoms with E-state index in [1.165, 1.54) is 5.56 Å². The van der Waals surface area contributed by atoms with Crippen molar-refractivity contribution in [3.8, 4) is 0 Å². The number of hydrogen-bond acceptors (Lipinski definition) is 5. The summed E-state index contributed by atoms with van der Waals surface area (Å²) in [6.45, 7) is 6.01. The summed E-state index contributed by atoms with van der Waals surface area (Å²) >= 11 is 0. The molecule has 0 bridgehead atoms. The maximum absolute atomic E-state index is 12.5. The Labute approximate surface area is 143 Å². The topological polar surface area (TPSA) is 68.1 Å². The minimum absolute atomic E-state index is 0.135. The molecule has 1 saturated heterocycles. The van der Waals surface area contributed by atoms with Gasteiger partial charge in [0.25, 0.3) is 0 Å². The van der Waals surface area contributed by atoms with E-state index in [1.807, 2.05) is 30.2 Å². The fourth-order valence-corrected chi connectivity index (χ4v) is 4.12. The minimum atomic E-state index is -3.42. The van der Waals surface area contributed by atoms with Crippen LogP contribution in [-0.4, -0.2) is 34.5 Å². The summed E-state index contributed by atoms with van der Waals surface area (Å²) in [5.74, 6) is 0. The zero-order valence-corrected chi connectivity index (χ0v) is 15.4. The van der Waals surface area contributed by atoms with Crippen LogP contribution in [0.4, 0.5) is 5.69 Å². The lowest BCUT2D eigenvalue weighted by molar-refractivity contribution is 0.556. The molecule has 1 unspecified atom stereocenters. The van der Waals surface area contributed by atoms with Gasteiger partial charge in [0.1, 0.15) is 0 Å². The maximum atomic E-state index is 12.5. The molecular weight excluding hydrogens is 324 g/mol. The van der Waals surface area contributed by atoms with Crippen molar-refractivity contribution in [1.82, 2.24) is 14.8 Å². The summed E-state index contributed by atoms with van der Waals surface area (Å²) in [7, 11) is -1.51. The molecule has 0 N–H and O–H groups in total. The van der Waals surface area contributed by atoms with E-state index < -0.39 is 14.6 Å². The highest BCUT2D eigenvalue weighted by Gasteiger charge is 2.33. The SMILES string of the molecule is Cn1cc(C2CCCN2c2ccc(S(=O)(=O)C(C)(C)C)nc2)cn1. The van der Waals surface area contributed by atoms with E-state index in [-0.39, 0.29) is 11.1 Å². The van der Waals surface area contributed by atoms with Gasteiger partial charge < -0.3 is 4.90 Å². The molecule has 0 amide bonds. The predicted octanol–water partition coefficient (Wildman–Crippen LogP) is 2.73. The number of nitrogens with zero attached hydrogens (tertiary/aromatic N) is 4. The molecule has 130 valence electrons. The second kappa shape index (κ2) is 5.88. The highest BCUT2D eigenvalue weighted by atomic mass is 32.2. The van der Waals surface area contributed by atoms with E-state index in [2.05, 4.69) is 15.0 Å². The first kappa shape index (κ1) is 17.0. The molecule has 7 heteroatoms. The first-order valence-electron chi connectivity index (χ1n) is 8.16. The number of sulfone groups is 1. The fraction of sp³-hybridized carbons (Fsp3) is 0.529. The Morgan fingerprint density at radius 3 is 2.50 bits per heavy atom. The van der Waals surface area contributed by atoms with Crippen LogP contribution >= 0.6 is 0 Å². The molecule has 1 aliphatic heterocycles. The molecule has 0 spiro atoms. The summed E-state index contributed by atoms with van der Waals surface area (Å²) in [6.07, 6.45) is 7.77. The van der Waals surface area contributed by atoms with Gasteiger partial charge in [0, 0.05) is 25.4 Å². The van der Waals surface area contributed by atoms with Crippen LogP contribution in [0.3, 0.4) is 0 Å². The standard InChI is InChI=1S/C17H24N4O2S/c1-17(2,3)24(22,23)16-8-7-14(11-18-16)21-9-5-6-15(21)13-10-19-20(4)12-13/h7-8,10-12,15H,5-6,9H2,1-4H3. The number of aryl methyl sites for hydroxylation is 1.